The third-order valence-corrected chi connectivity index (χ3v) is 5.56. The van der Waals surface area contributed by atoms with Gasteiger partial charge in [-0.25, -0.2) is 4.39 Å². The minimum absolute atomic E-state index is 0.161. The Morgan fingerprint density at radius 3 is 2.55 bits per heavy atom. The summed E-state index contributed by atoms with van der Waals surface area (Å²) in [6, 6.07) is 12.9. The summed E-state index contributed by atoms with van der Waals surface area (Å²) in [4.78, 5) is 12.4. The molecule has 1 unspecified atom stereocenters. The number of amides is 1. The van der Waals surface area contributed by atoms with E-state index in [4.69, 9.17) is 16.3 Å². The number of benzene rings is 2. The van der Waals surface area contributed by atoms with Crippen LogP contribution in [0.1, 0.15) is 32.7 Å². The molecular weight excluding hydrogens is 439 g/mol. The van der Waals surface area contributed by atoms with E-state index in [1.807, 2.05) is 17.6 Å². The van der Waals surface area contributed by atoms with Crippen LogP contribution in [0.5, 0.6) is 5.75 Å². The second kappa shape index (κ2) is 10.6. The molecule has 1 amide bonds. The molecule has 31 heavy (non-hydrogen) atoms. The number of ether oxygens (including phenoxy) is 1. The fourth-order valence-corrected chi connectivity index (χ4v) is 3.83. The molecule has 6 nitrogen and oxygen atoms in total. The van der Waals surface area contributed by atoms with E-state index >= 15 is 0 Å². The lowest BCUT2D eigenvalue weighted by Crippen LogP contribution is -2.17. The number of anilines is 1. The Morgan fingerprint density at radius 2 is 1.87 bits per heavy atom. The predicted octanol–water partition coefficient (Wildman–Crippen LogP) is 5.60. The molecule has 0 spiro atoms. The average molecular weight is 463 g/mol. The number of hydrogen-bond acceptors (Lipinski definition) is 5. The lowest BCUT2D eigenvalue weighted by Gasteiger charge is -2.17. The molecular formula is C22H24ClFN4O2S. The van der Waals surface area contributed by atoms with Crippen molar-refractivity contribution in [2.75, 3.05) is 11.1 Å². The Morgan fingerprint density at radius 1 is 1.16 bits per heavy atom. The molecule has 1 aromatic heterocycles. The summed E-state index contributed by atoms with van der Waals surface area (Å²) in [5.74, 6) is 1.18. The maximum atomic E-state index is 13.1. The number of aromatic nitrogens is 3. The van der Waals surface area contributed by atoms with Crippen molar-refractivity contribution in [3.8, 4) is 5.75 Å². The lowest BCUT2D eigenvalue weighted by molar-refractivity contribution is -0.113. The van der Waals surface area contributed by atoms with Crippen LogP contribution in [0, 0.1) is 11.7 Å². The van der Waals surface area contributed by atoms with Gasteiger partial charge in [0.25, 0.3) is 0 Å². The van der Waals surface area contributed by atoms with E-state index < -0.39 is 6.10 Å². The van der Waals surface area contributed by atoms with E-state index in [9.17, 15) is 9.18 Å². The molecule has 1 N–H and O–H groups in total. The van der Waals surface area contributed by atoms with Gasteiger partial charge in [-0.15, -0.1) is 10.2 Å². The number of carbonyl (C=O) groups excluding carboxylic acids is 1. The van der Waals surface area contributed by atoms with E-state index in [-0.39, 0.29) is 17.5 Å². The van der Waals surface area contributed by atoms with Gasteiger partial charge in [-0.2, -0.15) is 0 Å². The molecule has 0 bridgehead atoms. The Kier molecular flexibility index (Phi) is 7.92. The Hall–Kier alpha value is -2.58. The predicted molar refractivity (Wildman–Crippen MR) is 121 cm³/mol. The van der Waals surface area contributed by atoms with Gasteiger partial charge < -0.3 is 14.6 Å². The van der Waals surface area contributed by atoms with Gasteiger partial charge in [-0.3, -0.25) is 4.79 Å². The second-order valence-corrected chi connectivity index (χ2v) is 8.73. The highest BCUT2D eigenvalue weighted by atomic mass is 35.5. The van der Waals surface area contributed by atoms with E-state index in [1.165, 1.54) is 23.9 Å². The first-order valence-corrected chi connectivity index (χ1v) is 11.2. The van der Waals surface area contributed by atoms with Crippen LogP contribution in [0.4, 0.5) is 10.1 Å². The first kappa shape index (κ1) is 23.1. The summed E-state index contributed by atoms with van der Waals surface area (Å²) in [7, 11) is 0. The van der Waals surface area contributed by atoms with Crippen LogP contribution in [-0.4, -0.2) is 26.4 Å². The summed E-state index contributed by atoms with van der Waals surface area (Å²) >= 11 is 7.40. The van der Waals surface area contributed by atoms with Crippen LogP contribution in [0.15, 0.2) is 53.7 Å². The quantitative estimate of drug-likeness (QED) is 0.419. The van der Waals surface area contributed by atoms with Gasteiger partial charge in [0.2, 0.25) is 5.91 Å². The van der Waals surface area contributed by atoms with E-state index in [0.29, 0.717) is 39.9 Å². The molecule has 164 valence electrons. The van der Waals surface area contributed by atoms with Gasteiger partial charge in [-0.1, -0.05) is 49.3 Å². The first-order chi connectivity index (χ1) is 14.8. The number of para-hydroxylation sites is 1. The number of hydrogen-bond donors (Lipinski definition) is 1. The van der Waals surface area contributed by atoms with Crippen LogP contribution >= 0.6 is 23.4 Å². The third-order valence-electron chi connectivity index (χ3n) is 4.26. The van der Waals surface area contributed by atoms with Gasteiger partial charge in [0.15, 0.2) is 17.1 Å². The molecule has 0 saturated heterocycles. The third kappa shape index (κ3) is 6.45. The zero-order valence-electron chi connectivity index (χ0n) is 17.5. The molecule has 0 fully saturated rings. The highest BCUT2D eigenvalue weighted by Crippen LogP contribution is 2.26. The van der Waals surface area contributed by atoms with Crippen molar-refractivity contribution < 1.29 is 13.9 Å². The van der Waals surface area contributed by atoms with Crippen molar-refractivity contribution in [2.45, 2.75) is 38.6 Å². The minimum Gasteiger partial charge on any atom is -0.483 e. The van der Waals surface area contributed by atoms with Crippen molar-refractivity contribution in [2.24, 2.45) is 5.92 Å². The number of rotatable bonds is 9. The summed E-state index contributed by atoms with van der Waals surface area (Å²) in [6.07, 6.45) is -0.400. The normalized spacial score (nSPS) is 12.1. The molecule has 0 radical (unpaired) electrons. The lowest BCUT2D eigenvalue weighted by atomic mass is 10.2. The van der Waals surface area contributed by atoms with E-state index in [2.05, 4.69) is 29.4 Å². The Bertz CT molecular complexity index is 1030. The fourth-order valence-electron chi connectivity index (χ4n) is 2.89. The molecule has 2 aromatic carbocycles. The second-order valence-electron chi connectivity index (χ2n) is 7.38. The molecule has 9 heteroatoms. The van der Waals surface area contributed by atoms with Crippen LogP contribution in [0.3, 0.4) is 0 Å². The topological polar surface area (TPSA) is 69.0 Å². The maximum absolute atomic E-state index is 13.1. The maximum Gasteiger partial charge on any atom is 0.234 e. The molecule has 0 aliphatic heterocycles. The average Bonchev–Trinajstić information content (AvgIpc) is 3.12. The highest BCUT2D eigenvalue weighted by Gasteiger charge is 2.21. The summed E-state index contributed by atoms with van der Waals surface area (Å²) in [5, 5.41) is 12.5. The standard InChI is InChI=1S/C22H24ClFN4O2S/c1-14(2)12-28-21(15(3)30-17-10-8-16(24)9-11-17)26-27-22(28)31-13-20(29)25-19-7-5-4-6-18(19)23/h4-11,14-15H,12-13H2,1-3H3,(H,25,29). The highest BCUT2D eigenvalue weighted by molar-refractivity contribution is 7.99. The van der Waals surface area contributed by atoms with E-state index in [1.54, 1.807) is 30.3 Å². The van der Waals surface area contributed by atoms with E-state index in [0.717, 1.165) is 0 Å². The molecule has 0 aliphatic rings. The van der Waals surface area contributed by atoms with Crippen LogP contribution < -0.4 is 10.1 Å². The van der Waals surface area contributed by atoms with Gasteiger partial charge in [0.05, 0.1) is 16.5 Å². The molecule has 1 heterocycles. The van der Waals surface area contributed by atoms with Gasteiger partial charge in [-0.05, 0) is 49.2 Å². The van der Waals surface area contributed by atoms with Crippen molar-refractivity contribution in [1.29, 1.82) is 0 Å². The van der Waals surface area contributed by atoms with Gasteiger partial charge in [0, 0.05) is 6.54 Å². The minimum atomic E-state index is -0.400. The number of nitrogens with one attached hydrogen (secondary N) is 1. The smallest absolute Gasteiger partial charge is 0.234 e. The largest absolute Gasteiger partial charge is 0.483 e. The van der Waals surface area contributed by atoms with Gasteiger partial charge in [0.1, 0.15) is 11.6 Å². The molecule has 0 aliphatic carbocycles. The van der Waals surface area contributed by atoms with Crippen molar-refractivity contribution >= 4 is 35.0 Å². The zero-order valence-corrected chi connectivity index (χ0v) is 19.1. The monoisotopic (exact) mass is 462 g/mol. The number of carbonyl (C=O) groups is 1. The van der Waals surface area contributed by atoms with Gasteiger partial charge >= 0.3 is 0 Å². The van der Waals surface area contributed by atoms with Crippen molar-refractivity contribution in [3.63, 3.8) is 0 Å². The SMILES string of the molecule is CC(C)Cn1c(SCC(=O)Nc2ccccc2Cl)nnc1C(C)Oc1ccc(F)cc1. The van der Waals surface area contributed by atoms with Crippen molar-refractivity contribution in [3.05, 3.63) is 65.2 Å². The molecule has 3 rings (SSSR count). The Balaban J connectivity index is 1.70. The summed E-state index contributed by atoms with van der Waals surface area (Å²) in [6.45, 7) is 6.72. The molecule has 0 saturated carbocycles. The van der Waals surface area contributed by atoms with Crippen LogP contribution in [0.2, 0.25) is 5.02 Å². The molecule has 3 aromatic rings. The fraction of sp³-hybridized carbons (Fsp3) is 0.318. The molecule has 1 atom stereocenters. The first-order valence-electron chi connectivity index (χ1n) is 9.86. The van der Waals surface area contributed by atoms with Crippen LogP contribution in [-0.2, 0) is 11.3 Å². The Labute approximate surface area is 190 Å². The van der Waals surface area contributed by atoms with Crippen molar-refractivity contribution in [1.82, 2.24) is 14.8 Å². The number of halogens is 2. The number of nitrogens with zero attached hydrogens (tertiary/aromatic N) is 3. The summed E-state index contributed by atoms with van der Waals surface area (Å²) in [5.41, 5.74) is 0.570. The number of thioether (sulfide) groups is 1. The zero-order chi connectivity index (χ0) is 22.4. The van der Waals surface area contributed by atoms with Crippen LogP contribution in [0.25, 0.3) is 0 Å². The summed E-state index contributed by atoms with van der Waals surface area (Å²) < 4.78 is 21.0.